The van der Waals surface area contributed by atoms with Crippen LogP contribution in [0.25, 0.3) is 10.9 Å². The molecule has 1 aromatic heterocycles. The third-order valence-corrected chi connectivity index (χ3v) is 5.55. The van der Waals surface area contributed by atoms with Crippen LogP contribution in [0.4, 0.5) is 4.39 Å². The zero-order valence-electron chi connectivity index (χ0n) is 15.4. The van der Waals surface area contributed by atoms with E-state index in [-0.39, 0.29) is 11.9 Å². The van der Waals surface area contributed by atoms with Gasteiger partial charge in [-0.25, -0.2) is 4.39 Å². The second kappa shape index (κ2) is 8.15. The molecule has 0 saturated carbocycles. The molecule has 0 bridgehead atoms. The van der Waals surface area contributed by atoms with Crippen molar-refractivity contribution in [2.24, 2.45) is 5.92 Å². The first-order valence-corrected chi connectivity index (χ1v) is 9.67. The van der Waals surface area contributed by atoms with Crippen molar-refractivity contribution in [1.29, 1.82) is 0 Å². The zero-order chi connectivity index (χ0) is 18.6. The minimum absolute atomic E-state index is 0.251. The quantitative estimate of drug-likeness (QED) is 0.737. The summed E-state index contributed by atoms with van der Waals surface area (Å²) in [5.74, 6) is 0.0575. The Hall–Kier alpha value is -2.30. The molecule has 1 aliphatic rings. The highest BCUT2D eigenvalue weighted by molar-refractivity contribution is 5.78. The van der Waals surface area contributed by atoms with Gasteiger partial charge in [-0.1, -0.05) is 36.4 Å². The predicted molar refractivity (Wildman–Crippen MR) is 106 cm³/mol. The number of hydrogen-bond donors (Lipinski definition) is 1. The summed E-state index contributed by atoms with van der Waals surface area (Å²) in [6.07, 6.45) is 2.19. The van der Waals surface area contributed by atoms with Gasteiger partial charge in [0.25, 0.3) is 0 Å². The van der Waals surface area contributed by atoms with Gasteiger partial charge in [-0.3, -0.25) is 9.88 Å². The number of aliphatic hydroxyl groups is 1. The van der Waals surface area contributed by atoms with Crippen molar-refractivity contribution >= 4 is 10.9 Å². The first kappa shape index (κ1) is 18.1. The van der Waals surface area contributed by atoms with Gasteiger partial charge in [0.2, 0.25) is 0 Å². The molecule has 1 unspecified atom stereocenters. The van der Waals surface area contributed by atoms with E-state index in [1.807, 2.05) is 18.2 Å². The lowest BCUT2D eigenvalue weighted by Crippen LogP contribution is -2.38. The van der Waals surface area contributed by atoms with Crippen molar-refractivity contribution in [3.8, 4) is 0 Å². The number of rotatable bonds is 5. The molecule has 4 rings (SSSR count). The summed E-state index contributed by atoms with van der Waals surface area (Å²) in [7, 11) is 0. The molecule has 1 saturated heterocycles. The average molecular weight is 364 g/mol. The van der Waals surface area contributed by atoms with Gasteiger partial charge in [-0.2, -0.15) is 0 Å². The van der Waals surface area contributed by atoms with Gasteiger partial charge in [0.05, 0.1) is 11.6 Å². The van der Waals surface area contributed by atoms with Crippen LogP contribution >= 0.6 is 0 Å². The number of halogens is 1. The summed E-state index contributed by atoms with van der Waals surface area (Å²) in [4.78, 5) is 7.04. The summed E-state index contributed by atoms with van der Waals surface area (Å²) < 4.78 is 13.3. The van der Waals surface area contributed by atoms with Crippen LogP contribution in [-0.2, 0) is 13.0 Å². The fourth-order valence-corrected chi connectivity index (χ4v) is 3.97. The Morgan fingerprint density at radius 3 is 2.59 bits per heavy atom. The van der Waals surface area contributed by atoms with Crippen LogP contribution in [0.3, 0.4) is 0 Å². The summed E-state index contributed by atoms with van der Waals surface area (Å²) in [6, 6.07) is 18.9. The van der Waals surface area contributed by atoms with E-state index in [2.05, 4.69) is 34.1 Å². The highest BCUT2D eigenvalue weighted by atomic mass is 19.1. The van der Waals surface area contributed by atoms with Crippen LogP contribution in [0.2, 0.25) is 0 Å². The molecule has 0 radical (unpaired) electrons. The number of aromatic nitrogens is 1. The van der Waals surface area contributed by atoms with E-state index in [4.69, 9.17) is 0 Å². The third-order valence-electron chi connectivity index (χ3n) is 5.55. The molecule has 3 aromatic rings. The van der Waals surface area contributed by atoms with Crippen LogP contribution in [0.15, 0.2) is 60.7 Å². The minimum Gasteiger partial charge on any atom is -0.392 e. The van der Waals surface area contributed by atoms with Crippen molar-refractivity contribution in [3.05, 3.63) is 77.7 Å². The van der Waals surface area contributed by atoms with Gasteiger partial charge in [0.15, 0.2) is 0 Å². The molecule has 140 valence electrons. The van der Waals surface area contributed by atoms with Crippen molar-refractivity contribution in [2.75, 3.05) is 13.1 Å². The standard InChI is InChI=1S/C23H25FN2O/c24-20-7-9-22-19(14-20)6-8-21(25-22)15-23(27)18-10-12-26(13-11-18)16-17-4-2-1-3-5-17/h1-9,14,18,23,27H,10-13,15-16H2. The maximum atomic E-state index is 13.3. The molecule has 1 fully saturated rings. The van der Waals surface area contributed by atoms with Crippen LogP contribution < -0.4 is 0 Å². The van der Waals surface area contributed by atoms with Crippen LogP contribution in [0, 0.1) is 11.7 Å². The van der Waals surface area contributed by atoms with Gasteiger partial charge in [-0.05, 0) is 61.7 Å². The molecule has 0 spiro atoms. The number of likely N-dealkylation sites (tertiary alicyclic amines) is 1. The number of pyridine rings is 1. The monoisotopic (exact) mass is 364 g/mol. The van der Waals surface area contributed by atoms with Gasteiger partial charge >= 0.3 is 0 Å². The Balaban J connectivity index is 1.33. The molecular weight excluding hydrogens is 339 g/mol. The lowest BCUT2D eigenvalue weighted by Gasteiger charge is -2.34. The second-order valence-corrected chi connectivity index (χ2v) is 7.51. The van der Waals surface area contributed by atoms with Crippen molar-refractivity contribution in [2.45, 2.75) is 31.9 Å². The van der Waals surface area contributed by atoms with Gasteiger partial charge < -0.3 is 5.11 Å². The number of piperidine rings is 1. The normalized spacial score (nSPS) is 17.3. The molecule has 0 amide bonds. The highest BCUT2D eigenvalue weighted by Gasteiger charge is 2.25. The number of fused-ring (bicyclic) bond motifs is 1. The molecular formula is C23H25FN2O. The van der Waals surface area contributed by atoms with Crippen LogP contribution in [0.5, 0.6) is 0 Å². The predicted octanol–water partition coefficient (Wildman–Crippen LogP) is 4.19. The fourth-order valence-electron chi connectivity index (χ4n) is 3.97. The van der Waals surface area contributed by atoms with Crippen molar-refractivity contribution < 1.29 is 9.50 Å². The summed E-state index contributed by atoms with van der Waals surface area (Å²) >= 11 is 0. The molecule has 3 nitrogen and oxygen atoms in total. The van der Waals surface area contributed by atoms with E-state index in [9.17, 15) is 9.50 Å². The fraction of sp³-hybridized carbons (Fsp3) is 0.348. The molecule has 2 aromatic carbocycles. The minimum atomic E-state index is -0.380. The third kappa shape index (κ3) is 4.52. The second-order valence-electron chi connectivity index (χ2n) is 7.51. The maximum absolute atomic E-state index is 13.3. The van der Waals surface area contributed by atoms with E-state index in [1.165, 1.54) is 17.7 Å². The SMILES string of the molecule is OC(Cc1ccc2cc(F)ccc2n1)C1CCN(Cc2ccccc2)CC1. The molecule has 1 N–H and O–H groups in total. The zero-order valence-corrected chi connectivity index (χ0v) is 15.4. The Morgan fingerprint density at radius 2 is 1.81 bits per heavy atom. The summed E-state index contributed by atoms with van der Waals surface area (Å²) in [5, 5.41) is 11.5. The molecule has 0 aliphatic carbocycles. The Labute approximate surface area is 159 Å². The van der Waals surface area contributed by atoms with Gasteiger partial charge in [-0.15, -0.1) is 0 Å². The number of hydrogen-bond acceptors (Lipinski definition) is 3. The topological polar surface area (TPSA) is 36.4 Å². The molecule has 2 heterocycles. The van der Waals surface area contributed by atoms with E-state index in [0.717, 1.165) is 49.1 Å². The number of nitrogens with zero attached hydrogens (tertiary/aromatic N) is 2. The smallest absolute Gasteiger partial charge is 0.123 e. The maximum Gasteiger partial charge on any atom is 0.123 e. The molecule has 27 heavy (non-hydrogen) atoms. The Morgan fingerprint density at radius 1 is 1.04 bits per heavy atom. The lowest BCUT2D eigenvalue weighted by atomic mass is 9.88. The first-order valence-electron chi connectivity index (χ1n) is 9.67. The van der Waals surface area contributed by atoms with Crippen LogP contribution in [-0.4, -0.2) is 34.2 Å². The number of aliphatic hydroxyl groups excluding tert-OH is 1. The Kier molecular flexibility index (Phi) is 5.46. The van der Waals surface area contributed by atoms with E-state index in [1.54, 1.807) is 6.07 Å². The van der Waals surface area contributed by atoms with E-state index >= 15 is 0 Å². The van der Waals surface area contributed by atoms with Crippen molar-refractivity contribution in [3.63, 3.8) is 0 Å². The molecule has 1 atom stereocenters. The number of benzene rings is 2. The Bertz CT molecular complexity index is 891. The van der Waals surface area contributed by atoms with Gasteiger partial charge in [0.1, 0.15) is 5.82 Å². The first-order chi connectivity index (χ1) is 13.2. The molecule has 4 heteroatoms. The summed E-state index contributed by atoms with van der Waals surface area (Å²) in [6.45, 7) is 3.01. The lowest BCUT2D eigenvalue weighted by molar-refractivity contribution is 0.0571. The van der Waals surface area contributed by atoms with E-state index < -0.39 is 0 Å². The largest absolute Gasteiger partial charge is 0.392 e. The van der Waals surface area contributed by atoms with Crippen molar-refractivity contribution in [1.82, 2.24) is 9.88 Å². The average Bonchev–Trinajstić information content (AvgIpc) is 2.69. The van der Waals surface area contributed by atoms with Gasteiger partial charge in [0, 0.05) is 24.0 Å². The highest BCUT2D eigenvalue weighted by Crippen LogP contribution is 2.24. The van der Waals surface area contributed by atoms with Crippen LogP contribution in [0.1, 0.15) is 24.1 Å². The molecule has 1 aliphatic heterocycles. The van der Waals surface area contributed by atoms with E-state index in [0.29, 0.717) is 12.3 Å². The summed E-state index contributed by atoms with van der Waals surface area (Å²) in [5.41, 5.74) is 2.99.